The van der Waals surface area contributed by atoms with Gasteiger partial charge in [0.2, 0.25) is 0 Å². The zero-order chi connectivity index (χ0) is 18.1. The largest absolute Gasteiger partial charge is 0.321 e. The van der Waals surface area contributed by atoms with E-state index in [1.54, 1.807) is 34.0 Å². The first kappa shape index (κ1) is 16.2. The number of imidazole rings is 1. The molecule has 0 radical (unpaired) electrons. The zero-order valence-corrected chi connectivity index (χ0v) is 14.8. The molecule has 128 valence electrons. The number of Topliss-reactive ketones (excluding diaryl/α,β-unsaturated/α-hetero) is 1. The summed E-state index contributed by atoms with van der Waals surface area (Å²) in [4.78, 5) is 29.5. The number of aromatic nitrogens is 2. The van der Waals surface area contributed by atoms with Crippen molar-refractivity contribution >= 4 is 33.7 Å². The van der Waals surface area contributed by atoms with Gasteiger partial charge in [0.15, 0.2) is 10.7 Å². The summed E-state index contributed by atoms with van der Waals surface area (Å²) < 4.78 is 1.79. The maximum absolute atomic E-state index is 12.7. The van der Waals surface area contributed by atoms with Crippen LogP contribution < -0.4 is 5.32 Å². The maximum atomic E-state index is 12.7. The summed E-state index contributed by atoms with van der Waals surface area (Å²) in [6.45, 7) is 1.50. The number of nitrogens with zero attached hydrogens (tertiary/aromatic N) is 2. The number of nitrogens with one attached hydrogen (secondary N) is 1. The smallest absolute Gasteiger partial charge is 0.273 e. The molecule has 5 nitrogen and oxygen atoms in total. The van der Waals surface area contributed by atoms with Crippen LogP contribution in [-0.2, 0) is 0 Å². The normalized spacial score (nSPS) is 10.8. The van der Waals surface area contributed by atoms with Crippen molar-refractivity contribution in [2.75, 3.05) is 5.32 Å². The van der Waals surface area contributed by atoms with Crippen molar-refractivity contribution in [3.05, 3.63) is 77.4 Å². The van der Waals surface area contributed by atoms with Crippen molar-refractivity contribution in [1.82, 2.24) is 9.38 Å². The van der Waals surface area contributed by atoms with E-state index in [1.165, 1.54) is 18.3 Å². The lowest BCUT2D eigenvalue weighted by Gasteiger charge is -2.05. The first-order chi connectivity index (χ1) is 12.6. The van der Waals surface area contributed by atoms with E-state index in [4.69, 9.17) is 0 Å². The molecule has 0 unspecified atom stereocenters. The predicted molar refractivity (Wildman–Crippen MR) is 103 cm³/mol. The van der Waals surface area contributed by atoms with E-state index < -0.39 is 0 Å². The second-order valence-corrected chi connectivity index (χ2v) is 6.69. The average molecular weight is 361 g/mol. The molecule has 0 saturated carbocycles. The lowest BCUT2D eigenvalue weighted by molar-refractivity contribution is 0.100. The molecule has 0 atom stereocenters. The molecular weight excluding hydrogens is 346 g/mol. The molecule has 26 heavy (non-hydrogen) atoms. The van der Waals surface area contributed by atoms with E-state index in [9.17, 15) is 9.59 Å². The van der Waals surface area contributed by atoms with Crippen molar-refractivity contribution in [1.29, 1.82) is 0 Å². The molecule has 2 aromatic carbocycles. The molecule has 4 aromatic rings. The van der Waals surface area contributed by atoms with Crippen molar-refractivity contribution in [3.8, 4) is 11.3 Å². The highest BCUT2D eigenvalue weighted by Crippen LogP contribution is 2.24. The van der Waals surface area contributed by atoms with Crippen LogP contribution >= 0.6 is 11.3 Å². The fourth-order valence-electron chi connectivity index (χ4n) is 2.71. The monoisotopic (exact) mass is 361 g/mol. The standard InChI is InChI=1S/C20H15N3O2S/c1-13(24)15-8-5-9-16(10-15)21-19(25)18-12-26-20-22-17(11-23(18)20)14-6-3-2-4-7-14/h2-12H,1H3,(H,21,25). The maximum Gasteiger partial charge on any atom is 0.273 e. The summed E-state index contributed by atoms with van der Waals surface area (Å²) in [6.07, 6.45) is 1.86. The Bertz CT molecular complexity index is 1110. The first-order valence-corrected chi connectivity index (χ1v) is 8.94. The summed E-state index contributed by atoms with van der Waals surface area (Å²) in [5.74, 6) is -0.282. The van der Waals surface area contributed by atoms with Gasteiger partial charge in [0, 0.05) is 28.4 Å². The summed E-state index contributed by atoms with van der Waals surface area (Å²) in [5, 5.41) is 4.63. The second-order valence-electron chi connectivity index (χ2n) is 5.86. The highest BCUT2D eigenvalue weighted by molar-refractivity contribution is 7.15. The molecular formula is C20H15N3O2S. The van der Waals surface area contributed by atoms with E-state index in [-0.39, 0.29) is 11.7 Å². The van der Waals surface area contributed by atoms with Crippen LogP contribution in [-0.4, -0.2) is 21.1 Å². The number of hydrogen-bond donors (Lipinski definition) is 1. The molecule has 4 rings (SSSR count). The van der Waals surface area contributed by atoms with E-state index in [0.717, 1.165) is 16.2 Å². The Morgan fingerprint density at radius 2 is 1.88 bits per heavy atom. The molecule has 0 saturated heterocycles. The Morgan fingerprint density at radius 1 is 1.08 bits per heavy atom. The molecule has 0 fully saturated rings. The molecule has 2 heterocycles. The highest BCUT2D eigenvalue weighted by atomic mass is 32.1. The predicted octanol–water partition coefficient (Wildman–Crippen LogP) is 4.52. The summed E-state index contributed by atoms with van der Waals surface area (Å²) in [5.41, 5.74) is 3.49. The second kappa shape index (κ2) is 6.57. The fourth-order valence-corrected chi connectivity index (χ4v) is 3.56. The number of amides is 1. The number of carbonyl (C=O) groups excluding carboxylic acids is 2. The van der Waals surface area contributed by atoms with Crippen molar-refractivity contribution in [2.24, 2.45) is 0 Å². The summed E-state index contributed by atoms with van der Waals surface area (Å²) >= 11 is 1.41. The lowest BCUT2D eigenvalue weighted by Crippen LogP contribution is -2.14. The quantitative estimate of drug-likeness (QED) is 0.544. The molecule has 6 heteroatoms. The third-order valence-corrected chi connectivity index (χ3v) is 4.88. The average Bonchev–Trinajstić information content (AvgIpc) is 3.23. The van der Waals surface area contributed by atoms with Crippen LogP contribution in [0.5, 0.6) is 0 Å². The fraction of sp³-hybridized carbons (Fsp3) is 0.0500. The molecule has 0 aliphatic rings. The molecule has 0 spiro atoms. The minimum absolute atomic E-state index is 0.0406. The van der Waals surface area contributed by atoms with Crippen LogP contribution in [0.25, 0.3) is 16.2 Å². The highest BCUT2D eigenvalue weighted by Gasteiger charge is 2.15. The van der Waals surface area contributed by atoms with Crippen molar-refractivity contribution < 1.29 is 9.59 Å². The molecule has 1 amide bonds. The number of hydrogen-bond acceptors (Lipinski definition) is 4. The molecule has 0 aliphatic carbocycles. The van der Waals surface area contributed by atoms with Gasteiger partial charge in [-0.25, -0.2) is 4.98 Å². The number of benzene rings is 2. The van der Waals surface area contributed by atoms with Gasteiger partial charge in [-0.2, -0.15) is 0 Å². The number of carbonyl (C=O) groups is 2. The van der Waals surface area contributed by atoms with Crippen molar-refractivity contribution in [3.63, 3.8) is 0 Å². The van der Waals surface area contributed by atoms with Gasteiger partial charge in [0.05, 0.1) is 5.69 Å². The van der Waals surface area contributed by atoms with Gasteiger partial charge in [-0.1, -0.05) is 42.5 Å². The van der Waals surface area contributed by atoms with Crippen LogP contribution in [0.3, 0.4) is 0 Å². The topological polar surface area (TPSA) is 63.5 Å². The van der Waals surface area contributed by atoms with E-state index in [2.05, 4.69) is 10.3 Å². The van der Waals surface area contributed by atoms with Crippen LogP contribution in [0.4, 0.5) is 5.69 Å². The molecule has 0 bridgehead atoms. The molecule has 2 aromatic heterocycles. The lowest BCUT2D eigenvalue weighted by atomic mass is 10.1. The van der Waals surface area contributed by atoms with Gasteiger partial charge in [-0.3, -0.25) is 14.0 Å². The number of fused-ring (bicyclic) bond motifs is 1. The van der Waals surface area contributed by atoms with Gasteiger partial charge in [0.25, 0.3) is 5.91 Å². The van der Waals surface area contributed by atoms with Crippen LogP contribution in [0.2, 0.25) is 0 Å². The van der Waals surface area contributed by atoms with Gasteiger partial charge < -0.3 is 5.32 Å². The third kappa shape index (κ3) is 3.02. The Kier molecular flexibility index (Phi) is 4.10. The van der Waals surface area contributed by atoms with Gasteiger partial charge in [0.1, 0.15) is 5.69 Å². The number of rotatable bonds is 4. The Morgan fingerprint density at radius 3 is 2.65 bits per heavy atom. The van der Waals surface area contributed by atoms with Crippen molar-refractivity contribution in [2.45, 2.75) is 6.92 Å². The minimum Gasteiger partial charge on any atom is -0.321 e. The Hall–Kier alpha value is -3.25. The van der Waals surface area contributed by atoms with Crippen LogP contribution in [0.1, 0.15) is 27.8 Å². The van der Waals surface area contributed by atoms with E-state index >= 15 is 0 Å². The SMILES string of the molecule is CC(=O)c1cccc(NC(=O)c2csc3nc(-c4ccccc4)cn23)c1. The Balaban J connectivity index is 1.64. The zero-order valence-electron chi connectivity index (χ0n) is 14.0. The molecule has 1 N–H and O–H groups in total. The van der Waals surface area contributed by atoms with E-state index in [1.807, 2.05) is 36.5 Å². The summed E-state index contributed by atoms with van der Waals surface area (Å²) in [7, 11) is 0. The number of thiazole rings is 1. The summed E-state index contributed by atoms with van der Waals surface area (Å²) in [6, 6.07) is 16.7. The van der Waals surface area contributed by atoms with Crippen LogP contribution in [0, 0.1) is 0 Å². The Labute approximate surface area is 153 Å². The van der Waals surface area contributed by atoms with Gasteiger partial charge >= 0.3 is 0 Å². The third-order valence-electron chi connectivity index (χ3n) is 4.04. The van der Waals surface area contributed by atoms with Gasteiger partial charge in [-0.05, 0) is 19.1 Å². The van der Waals surface area contributed by atoms with E-state index in [0.29, 0.717) is 16.9 Å². The minimum atomic E-state index is -0.242. The van der Waals surface area contributed by atoms with Gasteiger partial charge in [-0.15, -0.1) is 11.3 Å². The van der Waals surface area contributed by atoms with Crippen LogP contribution in [0.15, 0.2) is 66.2 Å². The molecule has 0 aliphatic heterocycles. The first-order valence-electron chi connectivity index (χ1n) is 8.06. The number of ketones is 1. The number of anilines is 1.